The van der Waals surface area contributed by atoms with Crippen LogP contribution in [0.25, 0.3) is 0 Å². The summed E-state index contributed by atoms with van der Waals surface area (Å²) in [5.41, 5.74) is 4.69. The summed E-state index contributed by atoms with van der Waals surface area (Å²) in [6.07, 6.45) is 0.524. The van der Waals surface area contributed by atoms with Crippen molar-refractivity contribution < 1.29 is 14.7 Å². The van der Waals surface area contributed by atoms with Crippen LogP contribution < -0.4 is 11.1 Å². The number of rotatable bonds is 5. The van der Waals surface area contributed by atoms with E-state index in [1.165, 1.54) is 0 Å². The lowest BCUT2D eigenvalue weighted by Gasteiger charge is -2.14. The average Bonchev–Trinajstić information content (AvgIpc) is 2.75. The zero-order valence-corrected chi connectivity index (χ0v) is 9.12. The van der Waals surface area contributed by atoms with Gasteiger partial charge in [-0.05, 0) is 24.7 Å². The lowest BCUT2D eigenvalue weighted by Crippen LogP contribution is -2.38. The third kappa shape index (κ3) is 2.61. The Hall–Kier alpha value is -1.26. The summed E-state index contributed by atoms with van der Waals surface area (Å²) in [6, 6.07) is 0. The molecule has 5 nitrogen and oxygen atoms in total. The van der Waals surface area contributed by atoms with Crippen LogP contribution in [-0.2, 0) is 4.79 Å². The van der Waals surface area contributed by atoms with E-state index in [-0.39, 0.29) is 18.4 Å². The number of carbonyl (C=O) groups excluding carboxylic acids is 1. The van der Waals surface area contributed by atoms with Crippen molar-refractivity contribution in [3.63, 3.8) is 0 Å². The van der Waals surface area contributed by atoms with Crippen LogP contribution in [0.3, 0.4) is 0 Å². The Morgan fingerprint density at radius 3 is 2.60 bits per heavy atom. The summed E-state index contributed by atoms with van der Waals surface area (Å²) >= 11 is 0. The van der Waals surface area contributed by atoms with Gasteiger partial charge in [-0.2, -0.15) is 0 Å². The maximum Gasteiger partial charge on any atom is 0.404 e. The summed E-state index contributed by atoms with van der Waals surface area (Å²) in [5, 5.41) is 10.7. The number of primary amides is 1. The van der Waals surface area contributed by atoms with Crippen LogP contribution in [0.15, 0.2) is 0 Å². The van der Waals surface area contributed by atoms with Crippen LogP contribution in [0.5, 0.6) is 0 Å². The standard InChI is InChI=1S/C10H18N2O3/c1-6(2)3-7-4-10(7,8(11)13)5-12-9(14)15/h6-7,12H,3-5H2,1-2H3,(H2,11,13)(H,14,15). The number of hydrogen-bond donors (Lipinski definition) is 3. The molecule has 5 heteroatoms. The molecule has 0 bridgehead atoms. The minimum Gasteiger partial charge on any atom is -0.465 e. The Kier molecular flexibility index (Phi) is 3.21. The highest BCUT2D eigenvalue weighted by Gasteiger charge is 2.58. The molecule has 1 saturated carbocycles. The van der Waals surface area contributed by atoms with Crippen LogP contribution >= 0.6 is 0 Å². The van der Waals surface area contributed by atoms with Gasteiger partial charge in [-0.1, -0.05) is 13.8 Å². The topological polar surface area (TPSA) is 92.4 Å². The average molecular weight is 214 g/mol. The fraction of sp³-hybridized carbons (Fsp3) is 0.800. The van der Waals surface area contributed by atoms with Gasteiger partial charge in [0.25, 0.3) is 0 Å². The smallest absolute Gasteiger partial charge is 0.404 e. The lowest BCUT2D eigenvalue weighted by molar-refractivity contribution is -0.123. The first-order chi connectivity index (χ1) is 6.88. The minimum atomic E-state index is -1.11. The number of hydrogen-bond acceptors (Lipinski definition) is 2. The van der Waals surface area contributed by atoms with E-state index in [0.717, 1.165) is 6.42 Å². The summed E-state index contributed by atoms with van der Waals surface area (Å²) in [6.45, 7) is 4.30. The number of amides is 2. The minimum absolute atomic E-state index is 0.148. The summed E-state index contributed by atoms with van der Waals surface area (Å²) in [4.78, 5) is 21.6. The fourth-order valence-electron chi connectivity index (χ4n) is 2.10. The highest BCUT2D eigenvalue weighted by atomic mass is 16.4. The van der Waals surface area contributed by atoms with Crippen molar-refractivity contribution in [1.82, 2.24) is 5.32 Å². The van der Waals surface area contributed by atoms with Gasteiger partial charge in [-0.25, -0.2) is 4.79 Å². The third-order valence-corrected chi connectivity index (χ3v) is 3.03. The molecule has 4 N–H and O–H groups in total. The number of nitrogens with two attached hydrogens (primary N) is 1. The largest absolute Gasteiger partial charge is 0.465 e. The fourth-order valence-corrected chi connectivity index (χ4v) is 2.10. The summed E-state index contributed by atoms with van der Waals surface area (Å²) < 4.78 is 0. The van der Waals surface area contributed by atoms with E-state index in [2.05, 4.69) is 19.2 Å². The molecule has 0 spiro atoms. The monoisotopic (exact) mass is 214 g/mol. The number of carbonyl (C=O) groups is 2. The van der Waals surface area contributed by atoms with Crippen molar-refractivity contribution in [2.75, 3.05) is 6.54 Å². The van der Waals surface area contributed by atoms with Crippen molar-refractivity contribution >= 4 is 12.0 Å². The molecule has 1 fully saturated rings. The maximum absolute atomic E-state index is 11.3. The van der Waals surface area contributed by atoms with Crippen LogP contribution in [0.1, 0.15) is 26.7 Å². The molecule has 86 valence electrons. The third-order valence-electron chi connectivity index (χ3n) is 3.03. The van der Waals surface area contributed by atoms with E-state index in [9.17, 15) is 9.59 Å². The molecule has 0 saturated heterocycles. The molecule has 1 rings (SSSR count). The molecule has 1 aliphatic rings. The zero-order valence-electron chi connectivity index (χ0n) is 9.12. The Morgan fingerprint density at radius 1 is 1.60 bits per heavy atom. The van der Waals surface area contributed by atoms with Crippen molar-refractivity contribution in [3.05, 3.63) is 0 Å². The van der Waals surface area contributed by atoms with Crippen molar-refractivity contribution in [1.29, 1.82) is 0 Å². The SMILES string of the molecule is CC(C)CC1CC1(CNC(=O)O)C(N)=O. The van der Waals surface area contributed by atoms with E-state index >= 15 is 0 Å². The predicted octanol–water partition coefficient (Wildman–Crippen LogP) is 0.792. The van der Waals surface area contributed by atoms with Crippen LogP contribution in [-0.4, -0.2) is 23.7 Å². The Balaban J connectivity index is 2.53. The van der Waals surface area contributed by atoms with E-state index in [1.807, 2.05) is 0 Å². The van der Waals surface area contributed by atoms with Gasteiger partial charge < -0.3 is 16.2 Å². The van der Waals surface area contributed by atoms with Gasteiger partial charge in [0, 0.05) is 6.54 Å². The van der Waals surface area contributed by atoms with E-state index in [1.54, 1.807) is 0 Å². The van der Waals surface area contributed by atoms with Crippen molar-refractivity contribution in [2.24, 2.45) is 23.0 Å². The second kappa shape index (κ2) is 4.08. The molecule has 0 heterocycles. The first-order valence-corrected chi connectivity index (χ1v) is 5.15. The van der Waals surface area contributed by atoms with E-state index in [4.69, 9.17) is 10.8 Å². The molecule has 1 aliphatic carbocycles. The van der Waals surface area contributed by atoms with Gasteiger partial charge in [0.1, 0.15) is 0 Å². The van der Waals surface area contributed by atoms with Gasteiger partial charge in [0.05, 0.1) is 5.41 Å². The van der Waals surface area contributed by atoms with Gasteiger partial charge in [-0.15, -0.1) is 0 Å². The van der Waals surface area contributed by atoms with Gasteiger partial charge in [0.15, 0.2) is 0 Å². The lowest BCUT2D eigenvalue weighted by atomic mass is 9.97. The summed E-state index contributed by atoms with van der Waals surface area (Å²) in [5.74, 6) is 0.352. The van der Waals surface area contributed by atoms with Crippen molar-refractivity contribution in [3.8, 4) is 0 Å². The first kappa shape index (κ1) is 11.8. The highest BCUT2D eigenvalue weighted by molar-refractivity contribution is 5.85. The number of nitrogens with one attached hydrogen (secondary N) is 1. The van der Waals surface area contributed by atoms with Gasteiger partial charge in [-0.3, -0.25) is 4.79 Å². The summed E-state index contributed by atoms with van der Waals surface area (Å²) in [7, 11) is 0. The molecule has 0 aromatic rings. The Labute approximate surface area is 89.0 Å². The van der Waals surface area contributed by atoms with E-state index < -0.39 is 11.5 Å². The zero-order chi connectivity index (χ0) is 11.6. The molecule has 0 aliphatic heterocycles. The van der Waals surface area contributed by atoms with Crippen LogP contribution in [0.2, 0.25) is 0 Å². The first-order valence-electron chi connectivity index (χ1n) is 5.15. The number of carboxylic acid groups (broad SMARTS) is 1. The maximum atomic E-state index is 11.3. The normalized spacial score (nSPS) is 28.9. The second-order valence-corrected chi connectivity index (χ2v) is 4.71. The molecule has 0 radical (unpaired) electrons. The van der Waals surface area contributed by atoms with Crippen molar-refractivity contribution in [2.45, 2.75) is 26.7 Å². The van der Waals surface area contributed by atoms with E-state index in [0.29, 0.717) is 12.3 Å². The van der Waals surface area contributed by atoms with Gasteiger partial charge in [0.2, 0.25) is 5.91 Å². The highest BCUT2D eigenvalue weighted by Crippen LogP contribution is 2.54. The predicted molar refractivity (Wildman–Crippen MR) is 55.2 cm³/mol. The van der Waals surface area contributed by atoms with Crippen LogP contribution in [0, 0.1) is 17.3 Å². The second-order valence-electron chi connectivity index (χ2n) is 4.71. The quantitative estimate of drug-likeness (QED) is 0.631. The molecular formula is C10H18N2O3. The molecule has 15 heavy (non-hydrogen) atoms. The van der Waals surface area contributed by atoms with Gasteiger partial charge >= 0.3 is 6.09 Å². The molecule has 2 unspecified atom stereocenters. The molecular weight excluding hydrogens is 196 g/mol. The molecule has 0 aromatic carbocycles. The molecule has 2 atom stereocenters. The molecule has 0 aromatic heterocycles. The molecule has 2 amide bonds. The Morgan fingerprint density at radius 2 is 2.20 bits per heavy atom. The Bertz CT molecular complexity index is 278. The van der Waals surface area contributed by atoms with Crippen LogP contribution in [0.4, 0.5) is 4.79 Å².